The van der Waals surface area contributed by atoms with E-state index in [0.717, 1.165) is 5.56 Å². The third kappa shape index (κ3) is 3.62. The molecule has 1 aromatic heterocycles. The Kier molecular flexibility index (Phi) is 5.23. The molecule has 0 radical (unpaired) electrons. The lowest BCUT2D eigenvalue weighted by Gasteiger charge is -2.18. The fourth-order valence-corrected chi connectivity index (χ4v) is 3.74. The molecule has 0 bridgehead atoms. The van der Waals surface area contributed by atoms with Crippen molar-refractivity contribution in [1.29, 1.82) is 0 Å². The Labute approximate surface area is 136 Å². The second-order valence-electron chi connectivity index (χ2n) is 5.00. The lowest BCUT2D eigenvalue weighted by molar-refractivity contribution is 0.0996. The van der Waals surface area contributed by atoms with E-state index in [1.165, 1.54) is 22.7 Å². The Morgan fingerprint density at radius 3 is 2.48 bits per heavy atom. The summed E-state index contributed by atoms with van der Waals surface area (Å²) in [6.07, 6.45) is 1.44. The molecule has 124 valence electrons. The Morgan fingerprint density at radius 1 is 1.22 bits per heavy atom. The van der Waals surface area contributed by atoms with Crippen LogP contribution in [0.3, 0.4) is 0 Å². The largest absolute Gasteiger partial charge is 0.459 e. The van der Waals surface area contributed by atoms with Gasteiger partial charge in [-0.15, -0.1) is 0 Å². The lowest BCUT2D eigenvalue weighted by Crippen LogP contribution is -2.30. The van der Waals surface area contributed by atoms with Gasteiger partial charge in [0.05, 0.1) is 11.2 Å². The van der Waals surface area contributed by atoms with Crippen molar-refractivity contribution >= 4 is 21.6 Å². The number of nitrogens with zero attached hydrogens (tertiary/aromatic N) is 1. The Balaban J connectivity index is 2.27. The number of carbonyl (C=O) groups is 1. The van der Waals surface area contributed by atoms with E-state index in [1.807, 2.05) is 0 Å². The average Bonchev–Trinajstić information content (AvgIpc) is 2.95. The van der Waals surface area contributed by atoms with Gasteiger partial charge in [0.2, 0.25) is 10.0 Å². The van der Waals surface area contributed by atoms with Crippen LogP contribution in [0.4, 0.5) is 5.69 Å². The fourth-order valence-electron chi connectivity index (χ4n) is 2.24. The smallest absolute Gasteiger partial charge is 0.291 e. The van der Waals surface area contributed by atoms with Crippen molar-refractivity contribution in [3.8, 4) is 0 Å². The van der Waals surface area contributed by atoms with Gasteiger partial charge in [0.15, 0.2) is 5.76 Å². The molecule has 0 fully saturated rings. The van der Waals surface area contributed by atoms with Crippen LogP contribution in [0.15, 0.2) is 45.9 Å². The highest BCUT2D eigenvalue weighted by Crippen LogP contribution is 2.20. The molecule has 1 heterocycles. The van der Waals surface area contributed by atoms with Gasteiger partial charge < -0.3 is 9.73 Å². The molecule has 7 heteroatoms. The predicted molar refractivity (Wildman–Crippen MR) is 87.9 cm³/mol. The highest BCUT2D eigenvalue weighted by atomic mass is 32.2. The first-order chi connectivity index (χ1) is 10.9. The molecule has 0 atom stereocenters. The minimum absolute atomic E-state index is 0.148. The van der Waals surface area contributed by atoms with Gasteiger partial charge in [-0.1, -0.05) is 19.9 Å². The molecule has 23 heavy (non-hydrogen) atoms. The van der Waals surface area contributed by atoms with Crippen LogP contribution >= 0.6 is 0 Å². The van der Waals surface area contributed by atoms with Gasteiger partial charge in [-0.3, -0.25) is 4.79 Å². The number of benzene rings is 1. The average molecular weight is 336 g/mol. The first-order valence-corrected chi connectivity index (χ1v) is 8.79. The zero-order valence-corrected chi connectivity index (χ0v) is 14.2. The number of aryl methyl sites for hydroxylation is 1. The normalized spacial score (nSPS) is 11.7. The van der Waals surface area contributed by atoms with Crippen molar-refractivity contribution in [2.24, 2.45) is 0 Å². The molecule has 1 N–H and O–H groups in total. The summed E-state index contributed by atoms with van der Waals surface area (Å²) in [7, 11) is -3.56. The van der Waals surface area contributed by atoms with E-state index in [1.54, 1.807) is 39.0 Å². The minimum Gasteiger partial charge on any atom is -0.459 e. The van der Waals surface area contributed by atoms with E-state index in [2.05, 4.69) is 5.32 Å². The highest BCUT2D eigenvalue weighted by molar-refractivity contribution is 7.89. The van der Waals surface area contributed by atoms with Crippen molar-refractivity contribution in [2.75, 3.05) is 18.4 Å². The molecule has 0 aliphatic rings. The van der Waals surface area contributed by atoms with E-state index in [4.69, 9.17) is 4.42 Å². The monoisotopic (exact) mass is 336 g/mol. The summed E-state index contributed by atoms with van der Waals surface area (Å²) in [5, 5.41) is 2.66. The Hall–Kier alpha value is -2.12. The van der Waals surface area contributed by atoms with Crippen molar-refractivity contribution in [3.05, 3.63) is 47.9 Å². The van der Waals surface area contributed by atoms with Crippen LogP contribution in [0.2, 0.25) is 0 Å². The van der Waals surface area contributed by atoms with Gasteiger partial charge in [-0.25, -0.2) is 8.42 Å². The van der Waals surface area contributed by atoms with Crippen LogP contribution in [-0.2, 0) is 10.0 Å². The van der Waals surface area contributed by atoms with Gasteiger partial charge in [0, 0.05) is 24.3 Å². The fraction of sp³-hybridized carbons (Fsp3) is 0.312. The van der Waals surface area contributed by atoms with Crippen LogP contribution < -0.4 is 5.32 Å². The molecule has 2 rings (SSSR count). The molecule has 0 unspecified atom stereocenters. The predicted octanol–water partition coefficient (Wildman–Crippen LogP) is 2.87. The molecule has 6 nitrogen and oxygen atoms in total. The molecule has 0 saturated heterocycles. The molecule has 0 saturated carbocycles. The van der Waals surface area contributed by atoms with Crippen LogP contribution in [0, 0.1) is 6.92 Å². The maximum Gasteiger partial charge on any atom is 0.291 e. The van der Waals surface area contributed by atoms with Crippen LogP contribution in [0.25, 0.3) is 0 Å². The number of furan rings is 1. The Bertz CT molecular complexity index is 792. The maximum absolute atomic E-state index is 12.5. The quantitative estimate of drug-likeness (QED) is 0.879. The number of rotatable bonds is 6. The number of nitrogens with one attached hydrogen (secondary N) is 1. The van der Waals surface area contributed by atoms with E-state index in [0.29, 0.717) is 18.8 Å². The molecule has 1 amide bonds. The molecule has 0 aliphatic heterocycles. The summed E-state index contributed by atoms with van der Waals surface area (Å²) in [5.41, 5.74) is 1.12. The summed E-state index contributed by atoms with van der Waals surface area (Å²) < 4.78 is 31.5. The standard InChI is InChI=1S/C16H20N2O4S/c1-4-18(5-2)23(20,21)14-8-6-7-13(11-14)17-16(19)15-12(3)9-10-22-15/h6-11H,4-5H2,1-3H3,(H,17,19). The zero-order valence-electron chi connectivity index (χ0n) is 13.4. The number of carbonyl (C=O) groups excluding carboxylic acids is 1. The van der Waals surface area contributed by atoms with Gasteiger partial charge >= 0.3 is 0 Å². The van der Waals surface area contributed by atoms with Crippen molar-refractivity contribution in [3.63, 3.8) is 0 Å². The highest BCUT2D eigenvalue weighted by Gasteiger charge is 2.22. The molecular formula is C16H20N2O4S. The SMILES string of the molecule is CCN(CC)S(=O)(=O)c1cccc(NC(=O)c2occc2C)c1. The second kappa shape index (κ2) is 6.97. The summed E-state index contributed by atoms with van der Waals surface area (Å²) in [4.78, 5) is 12.3. The van der Waals surface area contributed by atoms with Gasteiger partial charge in [0.1, 0.15) is 0 Å². The third-order valence-corrected chi connectivity index (χ3v) is 5.55. The summed E-state index contributed by atoms with van der Waals surface area (Å²) in [6, 6.07) is 7.89. The lowest BCUT2D eigenvalue weighted by atomic mass is 10.2. The van der Waals surface area contributed by atoms with Gasteiger partial charge in [-0.05, 0) is 31.2 Å². The molecule has 0 aliphatic carbocycles. The van der Waals surface area contributed by atoms with Crippen LogP contribution in [0.1, 0.15) is 30.0 Å². The van der Waals surface area contributed by atoms with E-state index < -0.39 is 15.9 Å². The number of hydrogen-bond donors (Lipinski definition) is 1. The molecule has 0 spiro atoms. The zero-order chi connectivity index (χ0) is 17.0. The topological polar surface area (TPSA) is 79.6 Å². The van der Waals surface area contributed by atoms with Crippen LogP contribution in [-0.4, -0.2) is 31.7 Å². The number of hydrogen-bond acceptors (Lipinski definition) is 4. The van der Waals surface area contributed by atoms with Crippen molar-refractivity contribution < 1.29 is 17.6 Å². The van der Waals surface area contributed by atoms with E-state index in [9.17, 15) is 13.2 Å². The molecule has 2 aromatic rings. The minimum atomic E-state index is -3.56. The van der Waals surface area contributed by atoms with Crippen LogP contribution in [0.5, 0.6) is 0 Å². The van der Waals surface area contributed by atoms with Gasteiger partial charge in [0.25, 0.3) is 5.91 Å². The summed E-state index contributed by atoms with van der Waals surface area (Å²) in [5.74, 6) is -0.202. The van der Waals surface area contributed by atoms with Gasteiger partial charge in [-0.2, -0.15) is 4.31 Å². The van der Waals surface area contributed by atoms with Crippen molar-refractivity contribution in [2.45, 2.75) is 25.7 Å². The number of sulfonamides is 1. The third-order valence-electron chi connectivity index (χ3n) is 3.50. The second-order valence-corrected chi connectivity index (χ2v) is 6.94. The molecule has 1 aromatic carbocycles. The first kappa shape index (κ1) is 17.2. The Morgan fingerprint density at radius 2 is 1.91 bits per heavy atom. The number of anilines is 1. The first-order valence-electron chi connectivity index (χ1n) is 7.35. The van der Waals surface area contributed by atoms with Crippen molar-refractivity contribution in [1.82, 2.24) is 4.31 Å². The summed E-state index contributed by atoms with van der Waals surface area (Å²) >= 11 is 0. The number of amides is 1. The maximum atomic E-state index is 12.5. The van der Waals surface area contributed by atoms with E-state index >= 15 is 0 Å². The molecular weight excluding hydrogens is 316 g/mol. The van der Waals surface area contributed by atoms with E-state index in [-0.39, 0.29) is 10.7 Å². The summed E-state index contributed by atoms with van der Waals surface area (Å²) in [6.45, 7) is 6.11.